The van der Waals surface area contributed by atoms with Crippen LogP contribution < -0.4 is 11.1 Å². The van der Waals surface area contributed by atoms with Crippen molar-refractivity contribution in [3.8, 4) is 0 Å². The molecule has 16 heavy (non-hydrogen) atoms. The number of benzene rings is 1. The average molecular weight is 263 g/mol. The van der Waals surface area contributed by atoms with Gasteiger partial charge in [0.25, 0.3) is 0 Å². The van der Waals surface area contributed by atoms with Gasteiger partial charge in [-0.2, -0.15) is 0 Å². The quantitative estimate of drug-likeness (QED) is 0.636. The third-order valence-electron chi connectivity index (χ3n) is 2.43. The number of carbonyl (C=O) groups is 1. The lowest BCUT2D eigenvalue weighted by molar-refractivity contribution is -0.117. The number of nitrogens with one attached hydrogen (secondary N) is 1. The molecule has 0 spiro atoms. The molecule has 0 radical (unpaired) electrons. The van der Waals surface area contributed by atoms with Crippen molar-refractivity contribution in [1.82, 2.24) is 0 Å². The second-order valence-corrected chi connectivity index (χ2v) is 5.26. The molecule has 3 N–H and O–H groups in total. The van der Waals surface area contributed by atoms with Gasteiger partial charge in [0, 0.05) is 0 Å². The lowest BCUT2D eigenvalue weighted by Crippen LogP contribution is -2.17. The summed E-state index contributed by atoms with van der Waals surface area (Å²) in [4.78, 5) is 11.6. The monoisotopic (exact) mass is 262 g/mol. The minimum Gasteiger partial charge on any atom is -0.396 e. The van der Waals surface area contributed by atoms with Crippen molar-refractivity contribution in [2.24, 2.45) is 5.92 Å². The SMILES string of the molecule is Nc1cccc(NC(=O)C2CC2(Cl)Cl)c1F. The van der Waals surface area contributed by atoms with E-state index in [1.54, 1.807) is 6.07 Å². The minimum atomic E-state index is -1.01. The Morgan fingerprint density at radius 1 is 1.56 bits per heavy atom. The largest absolute Gasteiger partial charge is 0.396 e. The number of nitrogen functional groups attached to an aromatic ring is 1. The second-order valence-electron chi connectivity index (χ2n) is 3.72. The molecule has 1 aromatic rings. The summed E-state index contributed by atoms with van der Waals surface area (Å²) in [5.41, 5.74) is 5.39. The first-order valence-corrected chi connectivity index (χ1v) is 5.40. The molecular weight excluding hydrogens is 254 g/mol. The molecule has 86 valence electrons. The first kappa shape index (κ1) is 11.5. The molecular formula is C10H9Cl2FN2O. The van der Waals surface area contributed by atoms with E-state index in [0.29, 0.717) is 6.42 Å². The standard InChI is InChI=1S/C10H9Cl2FN2O/c11-10(12)4-5(10)9(16)15-7-3-1-2-6(14)8(7)13/h1-3,5H,4,14H2,(H,15,16). The van der Waals surface area contributed by atoms with Crippen LogP contribution in [0, 0.1) is 11.7 Å². The van der Waals surface area contributed by atoms with Gasteiger partial charge < -0.3 is 11.1 Å². The first-order valence-electron chi connectivity index (χ1n) is 4.64. The van der Waals surface area contributed by atoms with Crippen molar-refractivity contribution >= 4 is 40.5 Å². The van der Waals surface area contributed by atoms with Crippen LogP contribution in [0.3, 0.4) is 0 Å². The normalized spacial score (nSPS) is 21.6. The Hall–Kier alpha value is -1.00. The van der Waals surface area contributed by atoms with Gasteiger partial charge >= 0.3 is 0 Å². The Bertz CT molecular complexity index is 450. The van der Waals surface area contributed by atoms with E-state index >= 15 is 0 Å². The van der Waals surface area contributed by atoms with Gasteiger partial charge in [-0.1, -0.05) is 6.07 Å². The van der Waals surface area contributed by atoms with Gasteiger partial charge in [-0.15, -0.1) is 23.2 Å². The molecule has 0 saturated heterocycles. The molecule has 0 bridgehead atoms. The maximum Gasteiger partial charge on any atom is 0.230 e. The summed E-state index contributed by atoms with van der Waals surface area (Å²) < 4.78 is 12.4. The van der Waals surface area contributed by atoms with E-state index in [9.17, 15) is 9.18 Å². The van der Waals surface area contributed by atoms with Gasteiger partial charge in [-0.05, 0) is 18.6 Å². The van der Waals surface area contributed by atoms with Gasteiger partial charge in [0.05, 0.1) is 17.3 Å². The van der Waals surface area contributed by atoms with Crippen LogP contribution in [0.15, 0.2) is 18.2 Å². The number of rotatable bonds is 2. The van der Waals surface area contributed by atoms with Gasteiger partial charge in [-0.3, -0.25) is 4.79 Å². The summed E-state index contributed by atoms with van der Waals surface area (Å²) in [6, 6.07) is 4.39. The zero-order chi connectivity index (χ0) is 11.9. The van der Waals surface area contributed by atoms with Crippen molar-refractivity contribution in [3.05, 3.63) is 24.0 Å². The zero-order valence-electron chi connectivity index (χ0n) is 8.14. The fourth-order valence-electron chi connectivity index (χ4n) is 1.36. The molecule has 1 unspecified atom stereocenters. The molecule has 1 fully saturated rings. The van der Waals surface area contributed by atoms with Gasteiger partial charge in [0.1, 0.15) is 4.33 Å². The molecule has 0 heterocycles. The number of alkyl halides is 2. The molecule has 1 amide bonds. The number of halogens is 3. The van der Waals surface area contributed by atoms with E-state index in [1.165, 1.54) is 12.1 Å². The van der Waals surface area contributed by atoms with Crippen molar-refractivity contribution in [2.75, 3.05) is 11.1 Å². The average Bonchev–Trinajstić information content (AvgIpc) is 2.83. The van der Waals surface area contributed by atoms with Crippen LogP contribution in [-0.2, 0) is 4.79 Å². The highest BCUT2D eigenvalue weighted by atomic mass is 35.5. The summed E-state index contributed by atoms with van der Waals surface area (Å²) in [5.74, 6) is -1.53. The van der Waals surface area contributed by atoms with Crippen LogP contribution in [0.25, 0.3) is 0 Å². The lowest BCUT2D eigenvalue weighted by atomic mass is 10.2. The van der Waals surface area contributed by atoms with E-state index in [2.05, 4.69) is 5.32 Å². The highest BCUT2D eigenvalue weighted by molar-refractivity contribution is 6.52. The van der Waals surface area contributed by atoms with Gasteiger partial charge in [0.2, 0.25) is 5.91 Å². The summed E-state index contributed by atoms with van der Waals surface area (Å²) >= 11 is 11.5. The van der Waals surface area contributed by atoms with E-state index < -0.39 is 22.0 Å². The number of hydrogen-bond acceptors (Lipinski definition) is 2. The molecule has 3 nitrogen and oxygen atoms in total. The van der Waals surface area contributed by atoms with Crippen molar-refractivity contribution in [1.29, 1.82) is 0 Å². The summed E-state index contributed by atoms with van der Waals surface area (Å²) in [6.07, 6.45) is 0.381. The molecule has 0 aromatic heterocycles. The summed E-state index contributed by atoms with van der Waals surface area (Å²) in [5, 5.41) is 2.41. The number of nitrogens with two attached hydrogens (primary N) is 1. The fraction of sp³-hybridized carbons (Fsp3) is 0.300. The molecule has 1 aromatic carbocycles. The molecule has 1 aliphatic carbocycles. The van der Waals surface area contributed by atoms with Crippen LogP contribution in [0.4, 0.5) is 15.8 Å². The Labute approximate surface area is 102 Å². The van der Waals surface area contributed by atoms with Crippen molar-refractivity contribution in [3.63, 3.8) is 0 Å². The van der Waals surface area contributed by atoms with E-state index in [4.69, 9.17) is 28.9 Å². The number of hydrogen-bond donors (Lipinski definition) is 2. The highest BCUT2D eigenvalue weighted by Gasteiger charge is 2.56. The maximum atomic E-state index is 13.4. The molecule has 1 aliphatic rings. The van der Waals surface area contributed by atoms with Gasteiger partial charge in [0.15, 0.2) is 5.82 Å². The smallest absolute Gasteiger partial charge is 0.230 e. The molecule has 0 aliphatic heterocycles. The first-order chi connectivity index (χ1) is 7.42. The third-order valence-corrected chi connectivity index (χ3v) is 3.26. The number of amides is 1. The predicted molar refractivity (Wildman–Crippen MR) is 62.0 cm³/mol. The predicted octanol–water partition coefficient (Wildman–Crippen LogP) is 2.54. The van der Waals surface area contributed by atoms with Crippen LogP contribution in [-0.4, -0.2) is 10.2 Å². The Kier molecular flexibility index (Phi) is 2.72. The van der Waals surface area contributed by atoms with Crippen LogP contribution in [0.1, 0.15) is 6.42 Å². The fourth-order valence-corrected chi connectivity index (χ4v) is 1.87. The van der Waals surface area contributed by atoms with Crippen LogP contribution in [0.5, 0.6) is 0 Å². The van der Waals surface area contributed by atoms with E-state index in [1.807, 2.05) is 0 Å². The van der Waals surface area contributed by atoms with Crippen LogP contribution in [0.2, 0.25) is 0 Å². The molecule has 6 heteroatoms. The van der Waals surface area contributed by atoms with Gasteiger partial charge in [-0.25, -0.2) is 4.39 Å². The molecule has 1 atom stereocenters. The topological polar surface area (TPSA) is 55.1 Å². The van der Waals surface area contributed by atoms with Crippen molar-refractivity contribution in [2.45, 2.75) is 10.8 Å². The zero-order valence-corrected chi connectivity index (χ0v) is 9.65. The van der Waals surface area contributed by atoms with E-state index in [0.717, 1.165) is 0 Å². The Morgan fingerprint density at radius 2 is 2.19 bits per heavy atom. The Morgan fingerprint density at radius 3 is 2.75 bits per heavy atom. The molecule has 2 rings (SSSR count). The highest BCUT2D eigenvalue weighted by Crippen LogP contribution is 2.53. The van der Waals surface area contributed by atoms with E-state index in [-0.39, 0.29) is 11.4 Å². The van der Waals surface area contributed by atoms with Crippen molar-refractivity contribution < 1.29 is 9.18 Å². The minimum absolute atomic E-state index is 0.0170. The maximum absolute atomic E-state index is 13.4. The van der Waals surface area contributed by atoms with Crippen LogP contribution >= 0.6 is 23.2 Å². The number of anilines is 2. The number of carbonyl (C=O) groups excluding carboxylic acids is 1. The molecule has 1 saturated carbocycles. The second kappa shape index (κ2) is 3.79. The summed E-state index contributed by atoms with van der Waals surface area (Å²) in [6.45, 7) is 0. The summed E-state index contributed by atoms with van der Waals surface area (Å²) in [7, 11) is 0. The lowest BCUT2D eigenvalue weighted by Gasteiger charge is -2.07. The third kappa shape index (κ3) is 2.08. The Balaban J connectivity index is 2.10.